The van der Waals surface area contributed by atoms with E-state index in [-0.39, 0.29) is 11.8 Å². The first-order chi connectivity index (χ1) is 9.52. The number of likely N-dealkylation sites (N-methyl/N-ethyl adjacent to an activating group) is 1. The molecule has 5 heteroatoms. The highest BCUT2D eigenvalue weighted by Crippen LogP contribution is 2.36. The number of unbranched alkanes of at least 4 members (excludes halogenated alkanes) is 1. The molecule has 0 aliphatic carbocycles. The minimum Gasteiger partial charge on any atom is -0.504 e. The number of phenols is 1. The highest BCUT2D eigenvalue weighted by atomic mass is 32.1. The van der Waals surface area contributed by atoms with Crippen LogP contribution < -0.4 is 10.5 Å². The SMILES string of the molecule is CCCCN(C)C(C(N)=S)c1cccc(OCC)c1O. The van der Waals surface area contributed by atoms with Gasteiger partial charge in [0.2, 0.25) is 0 Å². The Morgan fingerprint density at radius 2 is 2.15 bits per heavy atom. The lowest BCUT2D eigenvalue weighted by Gasteiger charge is -2.28. The number of ether oxygens (including phenoxy) is 1. The second kappa shape index (κ2) is 8.07. The van der Waals surface area contributed by atoms with Gasteiger partial charge in [0.15, 0.2) is 11.5 Å². The molecule has 1 aromatic carbocycles. The molecule has 0 amide bonds. The molecule has 1 unspecified atom stereocenters. The normalized spacial score (nSPS) is 12.4. The van der Waals surface area contributed by atoms with Crippen LogP contribution in [0, 0.1) is 0 Å². The molecule has 1 aromatic rings. The van der Waals surface area contributed by atoms with Crippen LogP contribution in [-0.2, 0) is 0 Å². The van der Waals surface area contributed by atoms with Gasteiger partial charge < -0.3 is 15.6 Å². The highest BCUT2D eigenvalue weighted by Gasteiger charge is 2.24. The Hall–Kier alpha value is -1.33. The van der Waals surface area contributed by atoms with Crippen molar-refractivity contribution in [2.75, 3.05) is 20.2 Å². The minimum atomic E-state index is -0.281. The zero-order valence-electron chi connectivity index (χ0n) is 12.4. The first kappa shape index (κ1) is 16.7. The summed E-state index contributed by atoms with van der Waals surface area (Å²) in [5, 5.41) is 10.3. The van der Waals surface area contributed by atoms with Crippen molar-refractivity contribution in [2.45, 2.75) is 32.7 Å². The summed E-state index contributed by atoms with van der Waals surface area (Å²) in [5.74, 6) is 0.589. The Bertz CT molecular complexity index is 451. The molecule has 0 heterocycles. The molecule has 4 nitrogen and oxygen atoms in total. The minimum absolute atomic E-state index is 0.121. The van der Waals surface area contributed by atoms with Gasteiger partial charge in [0.05, 0.1) is 17.6 Å². The molecule has 0 aliphatic heterocycles. The van der Waals surface area contributed by atoms with E-state index >= 15 is 0 Å². The lowest BCUT2D eigenvalue weighted by Crippen LogP contribution is -2.34. The van der Waals surface area contributed by atoms with Crippen LogP contribution in [0.1, 0.15) is 38.3 Å². The van der Waals surface area contributed by atoms with Gasteiger partial charge in [-0.25, -0.2) is 0 Å². The van der Waals surface area contributed by atoms with Crippen molar-refractivity contribution in [3.05, 3.63) is 23.8 Å². The third kappa shape index (κ3) is 4.08. The van der Waals surface area contributed by atoms with E-state index in [1.165, 1.54) is 0 Å². The molecule has 0 spiro atoms. The van der Waals surface area contributed by atoms with E-state index in [0.717, 1.165) is 19.4 Å². The number of benzene rings is 1. The van der Waals surface area contributed by atoms with Gasteiger partial charge in [0.1, 0.15) is 0 Å². The van der Waals surface area contributed by atoms with Crippen LogP contribution >= 0.6 is 12.2 Å². The van der Waals surface area contributed by atoms with Gasteiger partial charge in [-0.15, -0.1) is 0 Å². The maximum atomic E-state index is 10.3. The van der Waals surface area contributed by atoms with Crippen LogP contribution in [0.2, 0.25) is 0 Å². The van der Waals surface area contributed by atoms with Crippen molar-refractivity contribution in [3.63, 3.8) is 0 Å². The third-order valence-electron chi connectivity index (χ3n) is 3.20. The van der Waals surface area contributed by atoms with Crippen molar-refractivity contribution in [1.82, 2.24) is 4.90 Å². The molecule has 0 aliphatic rings. The first-order valence-corrected chi connectivity index (χ1v) is 7.37. The molecule has 0 fully saturated rings. The lowest BCUT2D eigenvalue weighted by molar-refractivity contribution is 0.282. The molecular weight excluding hydrogens is 272 g/mol. The van der Waals surface area contributed by atoms with E-state index in [1.54, 1.807) is 6.07 Å². The molecular formula is C15H24N2O2S. The van der Waals surface area contributed by atoms with E-state index in [2.05, 4.69) is 11.8 Å². The lowest BCUT2D eigenvalue weighted by atomic mass is 10.0. The standard InChI is InChI=1S/C15H24N2O2S/c1-4-6-10-17(3)13(15(16)20)11-8-7-9-12(14(11)18)19-5-2/h7-9,13,18H,4-6,10H2,1-3H3,(H2,16,20). The Labute approximate surface area is 126 Å². The van der Waals surface area contributed by atoms with Gasteiger partial charge in [-0.1, -0.05) is 37.7 Å². The average Bonchev–Trinajstić information content (AvgIpc) is 2.40. The third-order valence-corrected chi connectivity index (χ3v) is 3.42. The molecule has 112 valence electrons. The number of nitrogens with zero attached hydrogens (tertiary/aromatic N) is 1. The first-order valence-electron chi connectivity index (χ1n) is 6.97. The van der Waals surface area contributed by atoms with Crippen molar-refractivity contribution in [3.8, 4) is 11.5 Å². The molecule has 1 atom stereocenters. The maximum Gasteiger partial charge on any atom is 0.162 e. The zero-order chi connectivity index (χ0) is 15.1. The number of hydrogen-bond donors (Lipinski definition) is 2. The fraction of sp³-hybridized carbons (Fsp3) is 0.533. The molecule has 20 heavy (non-hydrogen) atoms. The Kier molecular flexibility index (Phi) is 6.75. The summed E-state index contributed by atoms with van der Waals surface area (Å²) in [6, 6.07) is 5.14. The second-order valence-corrected chi connectivity index (χ2v) is 5.24. The van der Waals surface area contributed by atoms with E-state index < -0.39 is 0 Å². The van der Waals surface area contributed by atoms with E-state index in [1.807, 2.05) is 26.1 Å². The number of phenolic OH excluding ortho intramolecular Hbond substituents is 1. The number of rotatable bonds is 8. The summed E-state index contributed by atoms with van der Waals surface area (Å²) < 4.78 is 5.42. The molecule has 0 saturated heterocycles. The summed E-state index contributed by atoms with van der Waals surface area (Å²) in [4.78, 5) is 2.42. The summed E-state index contributed by atoms with van der Waals surface area (Å²) >= 11 is 5.18. The fourth-order valence-electron chi connectivity index (χ4n) is 2.18. The van der Waals surface area contributed by atoms with Gasteiger partial charge >= 0.3 is 0 Å². The molecule has 3 N–H and O–H groups in total. The van der Waals surface area contributed by atoms with Crippen molar-refractivity contribution in [1.29, 1.82) is 0 Å². The highest BCUT2D eigenvalue weighted by molar-refractivity contribution is 7.80. The van der Waals surface area contributed by atoms with Gasteiger partial charge in [-0.05, 0) is 33.0 Å². The van der Waals surface area contributed by atoms with Crippen molar-refractivity contribution < 1.29 is 9.84 Å². The molecule has 0 saturated carbocycles. The van der Waals surface area contributed by atoms with E-state index in [4.69, 9.17) is 22.7 Å². The average molecular weight is 296 g/mol. The van der Waals surface area contributed by atoms with E-state index in [9.17, 15) is 5.11 Å². The number of aromatic hydroxyl groups is 1. The number of hydrogen-bond acceptors (Lipinski definition) is 4. The Morgan fingerprint density at radius 3 is 2.70 bits per heavy atom. The van der Waals surface area contributed by atoms with Crippen LogP contribution in [0.4, 0.5) is 0 Å². The molecule has 0 radical (unpaired) electrons. The van der Waals surface area contributed by atoms with Gasteiger partial charge in [0, 0.05) is 5.56 Å². The predicted molar refractivity (Wildman–Crippen MR) is 86.3 cm³/mol. The van der Waals surface area contributed by atoms with Gasteiger partial charge in [-0.2, -0.15) is 0 Å². The zero-order valence-corrected chi connectivity index (χ0v) is 13.2. The number of nitrogens with two attached hydrogens (primary N) is 1. The predicted octanol–water partition coefficient (Wildman–Crippen LogP) is 2.85. The van der Waals surface area contributed by atoms with Crippen molar-refractivity contribution in [2.24, 2.45) is 5.73 Å². The van der Waals surface area contributed by atoms with Crippen molar-refractivity contribution >= 4 is 17.2 Å². The van der Waals surface area contributed by atoms with Crippen LogP contribution in [0.25, 0.3) is 0 Å². The van der Waals surface area contributed by atoms with Crippen LogP contribution in [-0.4, -0.2) is 35.2 Å². The largest absolute Gasteiger partial charge is 0.504 e. The Morgan fingerprint density at radius 1 is 1.45 bits per heavy atom. The summed E-state index contributed by atoms with van der Waals surface area (Å²) in [5.41, 5.74) is 6.57. The van der Waals surface area contributed by atoms with Gasteiger partial charge in [-0.3, -0.25) is 4.90 Å². The summed E-state index contributed by atoms with van der Waals surface area (Å²) in [7, 11) is 1.96. The fourth-order valence-corrected chi connectivity index (χ4v) is 2.48. The Balaban J connectivity index is 3.09. The molecule has 1 rings (SSSR count). The molecule has 0 bridgehead atoms. The number of thiocarbonyl (C=S) groups is 1. The topological polar surface area (TPSA) is 58.7 Å². The van der Waals surface area contributed by atoms with E-state index in [0.29, 0.717) is 22.9 Å². The van der Waals surface area contributed by atoms with Crippen LogP contribution in [0.3, 0.4) is 0 Å². The summed E-state index contributed by atoms with van der Waals surface area (Å²) in [6.07, 6.45) is 2.15. The van der Waals surface area contributed by atoms with Gasteiger partial charge in [0.25, 0.3) is 0 Å². The van der Waals surface area contributed by atoms with Crippen LogP contribution in [0.5, 0.6) is 11.5 Å². The summed E-state index contributed by atoms with van der Waals surface area (Å²) in [6.45, 7) is 5.39. The molecule has 0 aromatic heterocycles. The maximum absolute atomic E-state index is 10.3. The quantitative estimate of drug-likeness (QED) is 0.722. The van der Waals surface area contributed by atoms with Crippen LogP contribution in [0.15, 0.2) is 18.2 Å². The number of para-hydroxylation sites is 1. The second-order valence-electron chi connectivity index (χ2n) is 4.77. The smallest absolute Gasteiger partial charge is 0.162 e. The monoisotopic (exact) mass is 296 g/mol.